The Morgan fingerprint density at radius 1 is 0.846 bits per heavy atom. The molecule has 0 bridgehead atoms. The van der Waals surface area contributed by atoms with Crippen LogP contribution in [0.3, 0.4) is 0 Å². The predicted octanol–water partition coefficient (Wildman–Crippen LogP) is 5.58. The van der Waals surface area contributed by atoms with Crippen LogP contribution in [0.25, 0.3) is 0 Å². The Morgan fingerprint density at radius 2 is 1.50 bits per heavy atom. The molecule has 144 valence electrons. The first kappa shape index (κ1) is 17.4. The highest BCUT2D eigenvalue weighted by Crippen LogP contribution is 2.88. The van der Waals surface area contributed by atoms with Crippen LogP contribution in [0.5, 0.6) is 0 Å². The second-order valence-electron chi connectivity index (χ2n) is 11.9. The fourth-order valence-corrected chi connectivity index (χ4v) is 9.81. The highest BCUT2D eigenvalue weighted by Gasteiger charge is 2.82. The second-order valence-corrected chi connectivity index (χ2v) is 11.9. The summed E-state index contributed by atoms with van der Waals surface area (Å²) in [5.41, 5.74) is 1.35. The van der Waals surface area contributed by atoms with E-state index in [-0.39, 0.29) is 16.7 Å². The summed E-state index contributed by atoms with van der Waals surface area (Å²) in [4.78, 5) is 25.1. The van der Waals surface area contributed by atoms with Crippen LogP contribution in [0, 0.1) is 44.8 Å². The Labute approximate surface area is 158 Å². The van der Waals surface area contributed by atoms with Gasteiger partial charge in [-0.1, -0.05) is 27.7 Å². The van der Waals surface area contributed by atoms with Crippen LogP contribution < -0.4 is 0 Å². The first-order chi connectivity index (χ1) is 12.1. The molecule has 5 saturated carbocycles. The first-order valence-electron chi connectivity index (χ1n) is 11.1. The maximum absolute atomic E-state index is 12.7. The van der Waals surface area contributed by atoms with Crippen LogP contribution in [0.15, 0.2) is 0 Å². The third kappa shape index (κ3) is 1.60. The fraction of sp³-hybridized carbons (Fsp3) is 0.917. The minimum absolute atomic E-state index is 0.119. The summed E-state index contributed by atoms with van der Waals surface area (Å²) in [5, 5.41) is 0. The fourth-order valence-electron chi connectivity index (χ4n) is 9.81. The Morgan fingerprint density at radius 3 is 2.19 bits per heavy atom. The Bertz CT molecular complexity index is 707. The van der Waals surface area contributed by atoms with E-state index in [0.29, 0.717) is 33.7 Å². The smallest absolute Gasteiger partial charge is 0.138 e. The van der Waals surface area contributed by atoms with Gasteiger partial charge in [-0.25, -0.2) is 0 Å². The monoisotopic (exact) mass is 356 g/mol. The van der Waals surface area contributed by atoms with Crippen LogP contribution in [-0.4, -0.2) is 11.6 Å². The van der Waals surface area contributed by atoms with E-state index >= 15 is 0 Å². The molecule has 0 aromatic carbocycles. The SMILES string of the molecule is CC(=O)[C@H]1CC[C@@]2(C)[C@@H]3CC[C@H]4C(C)(C)C(=O)CC[C@@]45C[C@@]35CC[C@]12C. The summed E-state index contributed by atoms with van der Waals surface area (Å²) in [7, 11) is 0. The number of ketones is 2. The zero-order valence-electron chi connectivity index (χ0n) is 17.4. The van der Waals surface area contributed by atoms with Crippen LogP contribution in [0.4, 0.5) is 0 Å². The molecule has 0 unspecified atom stereocenters. The average Bonchev–Trinajstić information content (AvgIpc) is 3.14. The largest absolute Gasteiger partial charge is 0.300 e. The molecule has 5 fully saturated rings. The van der Waals surface area contributed by atoms with Crippen molar-refractivity contribution in [3.05, 3.63) is 0 Å². The van der Waals surface area contributed by atoms with Gasteiger partial charge in [0.25, 0.3) is 0 Å². The van der Waals surface area contributed by atoms with E-state index < -0.39 is 0 Å². The van der Waals surface area contributed by atoms with E-state index in [0.717, 1.165) is 25.2 Å². The van der Waals surface area contributed by atoms with Crippen LogP contribution in [-0.2, 0) is 9.59 Å². The van der Waals surface area contributed by atoms with Gasteiger partial charge in [0.1, 0.15) is 11.6 Å². The summed E-state index contributed by atoms with van der Waals surface area (Å²) in [6.07, 6.45) is 10.8. The zero-order chi connectivity index (χ0) is 18.8. The summed E-state index contributed by atoms with van der Waals surface area (Å²) in [6.45, 7) is 11.3. The van der Waals surface area contributed by atoms with Gasteiger partial charge < -0.3 is 0 Å². The van der Waals surface area contributed by atoms with Crippen LogP contribution in [0.1, 0.15) is 92.4 Å². The van der Waals surface area contributed by atoms with Crippen LogP contribution in [0.2, 0.25) is 0 Å². The standard InChI is InChI=1S/C24H36O2/c1-15(25)16-8-10-22(5)18-7-6-17-20(2,3)19(26)9-11-23(17)14-24(18,23)13-12-21(16,22)4/h16-18H,6-14H2,1-5H3/t16-,17+,18+,21-,22+,23-,24+/m1/s1. The number of hydrogen-bond donors (Lipinski definition) is 0. The molecular weight excluding hydrogens is 320 g/mol. The van der Waals surface area contributed by atoms with Crippen molar-refractivity contribution in [2.75, 3.05) is 0 Å². The maximum atomic E-state index is 12.7. The van der Waals surface area contributed by atoms with Gasteiger partial charge in [0, 0.05) is 17.8 Å². The molecule has 0 radical (unpaired) electrons. The quantitative estimate of drug-likeness (QED) is 0.614. The Balaban J connectivity index is 1.56. The number of rotatable bonds is 1. The maximum Gasteiger partial charge on any atom is 0.138 e. The van der Waals surface area contributed by atoms with E-state index in [4.69, 9.17) is 0 Å². The molecule has 0 aromatic heterocycles. The van der Waals surface area contributed by atoms with Crippen molar-refractivity contribution >= 4 is 11.6 Å². The molecule has 0 aromatic rings. The molecule has 5 rings (SSSR count). The lowest BCUT2D eigenvalue weighted by molar-refractivity contribution is -0.158. The van der Waals surface area contributed by atoms with Crippen molar-refractivity contribution in [3.63, 3.8) is 0 Å². The third-order valence-electron chi connectivity index (χ3n) is 11.3. The number of carbonyl (C=O) groups is 2. The van der Waals surface area contributed by atoms with Crippen molar-refractivity contribution in [3.8, 4) is 0 Å². The lowest BCUT2D eigenvalue weighted by Crippen LogP contribution is -2.57. The van der Waals surface area contributed by atoms with Crippen LogP contribution >= 0.6 is 0 Å². The number of carbonyl (C=O) groups excluding carboxylic acids is 2. The summed E-state index contributed by atoms with van der Waals surface area (Å²) in [5.74, 6) is 2.60. The van der Waals surface area contributed by atoms with Gasteiger partial charge in [-0.2, -0.15) is 0 Å². The molecule has 7 atom stereocenters. The highest BCUT2D eigenvalue weighted by atomic mass is 16.1. The van der Waals surface area contributed by atoms with E-state index in [1.165, 1.54) is 38.5 Å². The van der Waals surface area contributed by atoms with Crippen molar-refractivity contribution in [2.45, 2.75) is 92.4 Å². The van der Waals surface area contributed by atoms with E-state index in [9.17, 15) is 9.59 Å². The topological polar surface area (TPSA) is 34.1 Å². The first-order valence-corrected chi connectivity index (χ1v) is 11.1. The number of Topliss-reactive ketones (excluding diaryl/α,β-unsaturated/α-hetero) is 2. The van der Waals surface area contributed by atoms with Gasteiger partial charge in [-0.15, -0.1) is 0 Å². The van der Waals surface area contributed by atoms with Crippen molar-refractivity contribution in [1.29, 1.82) is 0 Å². The van der Waals surface area contributed by atoms with Gasteiger partial charge in [0.05, 0.1) is 0 Å². The van der Waals surface area contributed by atoms with Gasteiger partial charge in [-0.3, -0.25) is 9.59 Å². The molecule has 2 heteroatoms. The summed E-state index contributed by atoms with van der Waals surface area (Å²) >= 11 is 0. The van der Waals surface area contributed by atoms with Crippen molar-refractivity contribution in [2.24, 2.45) is 44.8 Å². The van der Waals surface area contributed by atoms with Crippen molar-refractivity contribution in [1.82, 2.24) is 0 Å². The van der Waals surface area contributed by atoms with E-state index in [2.05, 4.69) is 27.7 Å². The average molecular weight is 357 g/mol. The number of hydrogen-bond acceptors (Lipinski definition) is 2. The molecule has 26 heavy (non-hydrogen) atoms. The molecule has 0 amide bonds. The molecule has 0 saturated heterocycles. The molecular formula is C24H36O2. The van der Waals surface area contributed by atoms with E-state index in [1.807, 2.05) is 6.92 Å². The minimum Gasteiger partial charge on any atom is -0.300 e. The molecule has 0 aliphatic heterocycles. The molecule has 0 heterocycles. The normalized spacial score (nSPS) is 56.8. The molecule has 5 aliphatic carbocycles. The Hall–Kier alpha value is -0.660. The molecule has 5 aliphatic rings. The molecule has 2 spiro atoms. The highest BCUT2D eigenvalue weighted by molar-refractivity contribution is 5.86. The summed E-state index contributed by atoms with van der Waals surface area (Å²) < 4.78 is 0. The summed E-state index contributed by atoms with van der Waals surface area (Å²) in [6, 6.07) is 0. The number of fused-ring (bicyclic) bond motifs is 2. The van der Waals surface area contributed by atoms with Gasteiger partial charge in [-0.05, 0) is 91.8 Å². The molecule has 0 N–H and O–H groups in total. The van der Waals surface area contributed by atoms with E-state index in [1.54, 1.807) is 0 Å². The van der Waals surface area contributed by atoms with Gasteiger partial charge in [0.15, 0.2) is 0 Å². The molecule has 2 nitrogen and oxygen atoms in total. The zero-order valence-corrected chi connectivity index (χ0v) is 17.4. The third-order valence-corrected chi connectivity index (χ3v) is 11.3. The second kappa shape index (κ2) is 4.66. The minimum atomic E-state index is -0.119. The Kier molecular flexibility index (Phi) is 3.13. The lowest BCUT2D eigenvalue weighted by atomic mass is 9.42. The van der Waals surface area contributed by atoms with Gasteiger partial charge in [0.2, 0.25) is 0 Å². The predicted molar refractivity (Wildman–Crippen MR) is 103 cm³/mol. The van der Waals surface area contributed by atoms with Gasteiger partial charge >= 0.3 is 0 Å². The van der Waals surface area contributed by atoms with Crippen molar-refractivity contribution < 1.29 is 9.59 Å². The lowest BCUT2D eigenvalue weighted by Gasteiger charge is -2.62.